The normalized spacial score (nSPS) is 16.6. The Morgan fingerprint density at radius 2 is 1.72 bits per heavy atom. The topological polar surface area (TPSA) is 154 Å². The van der Waals surface area contributed by atoms with Crippen molar-refractivity contribution in [2.45, 2.75) is 39.0 Å². The van der Waals surface area contributed by atoms with Gasteiger partial charge in [-0.3, -0.25) is 0 Å². The highest BCUT2D eigenvalue weighted by Gasteiger charge is 2.29. The first-order chi connectivity index (χ1) is 15.2. The van der Waals surface area contributed by atoms with Gasteiger partial charge in [-0.15, -0.1) is 0 Å². The number of alkyl carbamates (subject to hydrolysis) is 1. The third kappa shape index (κ3) is 6.00. The molecule has 1 fully saturated rings. The van der Waals surface area contributed by atoms with E-state index in [1.807, 2.05) is 9.80 Å². The van der Waals surface area contributed by atoms with E-state index in [1.54, 1.807) is 33.2 Å². The molecule has 2 aromatic rings. The Hall–Kier alpha value is -3.54. The molecule has 1 atom stereocenters. The van der Waals surface area contributed by atoms with Gasteiger partial charge in [-0.05, 0) is 20.8 Å². The number of carboxylic acids is 1. The number of carbonyl (C=O) groups excluding carboxylic acids is 1. The van der Waals surface area contributed by atoms with Crippen LogP contribution in [0.5, 0.6) is 0 Å². The number of amides is 1. The molecule has 1 amide bonds. The van der Waals surface area contributed by atoms with E-state index in [9.17, 15) is 14.7 Å². The molecular formula is C20H27N7O5. The molecule has 1 saturated heterocycles. The van der Waals surface area contributed by atoms with E-state index in [0.717, 1.165) is 5.56 Å². The van der Waals surface area contributed by atoms with E-state index in [0.29, 0.717) is 31.5 Å². The highest BCUT2D eigenvalue weighted by atomic mass is 16.6. The van der Waals surface area contributed by atoms with Crippen molar-refractivity contribution in [3.8, 4) is 0 Å². The SMILES string of the molecule is CC(C)(C)OC(=O)NCc1cnc(N2CCN(c3ncc(C(=O)O)cn3)[C@@H](CO)C2)nc1. The Labute approximate surface area is 185 Å². The quantitative estimate of drug-likeness (QED) is 0.575. The van der Waals surface area contributed by atoms with Gasteiger partial charge in [-0.25, -0.2) is 29.5 Å². The van der Waals surface area contributed by atoms with Crippen LogP contribution in [0.15, 0.2) is 24.8 Å². The minimum atomic E-state index is -1.10. The van der Waals surface area contributed by atoms with Crippen LogP contribution < -0.4 is 15.1 Å². The van der Waals surface area contributed by atoms with Gasteiger partial charge >= 0.3 is 12.1 Å². The van der Waals surface area contributed by atoms with Gasteiger partial charge in [0.05, 0.1) is 18.2 Å². The average Bonchev–Trinajstić information content (AvgIpc) is 2.76. The van der Waals surface area contributed by atoms with Gasteiger partial charge in [0.25, 0.3) is 0 Å². The van der Waals surface area contributed by atoms with E-state index in [2.05, 4.69) is 25.3 Å². The summed E-state index contributed by atoms with van der Waals surface area (Å²) in [7, 11) is 0. The largest absolute Gasteiger partial charge is 0.478 e. The number of nitrogens with one attached hydrogen (secondary N) is 1. The molecule has 32 heavy (non-hydrogen) atoms. The predicted octanol–water partition coefficient (Wildman–Crippen LogP) is 0.677. The first kappa shape index (κ1) is 23.1. The molecule has 0 unspecified atom stereocenters. The van der Waals surface area contributed by atoms with E-state index < -0.39 is 17.7 Å². The van der Waals surface area contributed by atoms with Gasteiger partial charge in [0, 0.05) is 56.5 Å². The van der Waals surface area contributed by atoms with Crippen molar-refractivity contribution in [1.82, 2.24) is 25.3 Å². The fourth-order valence-corrected chi connectivity index (χ4v) is 3.13. The number of carbonyl (C=O) groups is 2. The summed E-state index contributed by atoms with van der Waals surface area (Å²) in [5.41, 5.74) is 0.158. The Morgan fingerprint density at radius 3 is 2.28 bits per heavy atom. The van der Waals surface area contributed by atoms with Gasteiger partial charge in [0.2, 0.25) is 11.9 Å². The van der Waals surface area contributed by atoms with Crippen molar-refractivity contribution in [3.05, 3.63) is 35.9 Å². The summed E-state index contributed by atoms with van der Waals surface area (Å²) in [5, 5.41) is 21.5. The molecule has 0 spiro atoms. The number of aromatic nitrogens is 4. The molecule has 3 rings (SSSR count). The molecule has 3 heterocycles. The lowest BCUT2D eigenvalue weighted by atomic mass is 10.2. The Kier molecular flexibility index (Phi) is 7.03. The van der Waals surface area contributed by atoms with Crippen LogP contribution in [0, 0.1) is 0 Å². The molecule has 0 saturated carbocycles. The lowest BCUT2D eigenvalue weighted by Gasteiger charge is -2.40. The smallest absolute Gasteiger partial charge is 0.407 e. The zero-order valence-corrected chi connectivity index (χ0v) is 18.2. The summed E-state index contributed by atoms with van der Waals surface area (Å²) in [6.07, 6.45) is 5.25. The van der Waals surface area contributed by atoms with Crippen LogP contribution in [0.1, 0.15) is 36.7 Å². The fraction of sp³-hybridized carbons (Fsp3) is 0.500. The number of piperazine rings is 1. The molecule has 0 aromatic carbocycles. The number of nitrogens with zero attached hydrogens (tertiary/aromatic N) is 6. The second-order valence-corrected chi connectivity index (χ2v) is 8.30. The third-order valence-corrected chi connectivity index (χ3v) is 4.65. The molecule has 12 nitrogen and oxygen atoms in total. The minimum Gasteiger partial charge on any atom is -0.478 e. The molecule has 172 valence electrons. The zero-order valence-electron chi connectivity index (χ0n) is 18.2. The predicted molar refractivity (Wildman–Crippen MR) is 115 cm³/mol. The van der Waals surface area contributed by atoms with Crippen LogP contribution in [-0.4, -0.2) is 80.1 Å². The third-order valence-electron chi connectivity index (χ3n) is 4.65. The van der Waals surface area contributed by atoms with Gasteiger partial charge < -0.3 is 30.1 Å². The molecule has 12 heteroatoms. The van der Waals surface area contributed by atoms with Crippen molar-refractivity contribution in [1.29, 1.82) is 0 Å². The fourth-order valence-electron chi connectivity index (χ4n) is 3.13. The molecule has 0 aliphatic carbocycles. The molecule has 1 aliphatic heterocycles. The summed E-state index contributed by atoms with van der Waals surface area (Å²) >= 11 is 0. The molecule has 3 N–H and O–H groups in total. The first-order valence-electron chi connectivity index (χ1n) is 10.1. The van der Waals surface area contributed by atoms with E-state index >= 15 is 0 Å². The summed E-state index contributed by atoms with van der Waals surface area (Å²) < 4.78 is 5.20. The highest BCUT2D eigenvalue weighted by Crippen LogP contribution is 2.19. The number of aliphatic hydroxyl groups excluding tert-OH is 1. The molecule has 1 aliphatic rings. The molecular weight excluding hydrogens is 418 g/mol. The number of aliphatic hydroxyl groups is 1. The lowest BCUT2D eigenvalue weighted by Crippen LogP contribution is -2.56. The summed E-state index contributed by atoms with van der Waals surface area (Å²) in [5.74, 6) is -0.230. The van der Waals surface area contributed by atoms with Crippen LogP contribution in [0.4, 0.5) is 16.7 Å². The Morgan fingerprint density at radius 1 is 1.09 bits per heavy atom. The standard InChI is InChI=1S/C20H27N7O5/c1-20(2,3)32-19(31)25-8-13-6-21-17(22-7-13)26-4-5-27(15(11-26)12-28)18-23-9-14(10-24-18)16(29)30/h6-7,9-10,15,28H,4-5,8,11-12H2,1-3H3,(H,25,31)(H,29,30)/t15-/m1/s1. The average molecular weight is 445 g/mol. The van der Waals surface area contributed by atoms with Crippen molar-refractivity contribution in [2.75, 3.05) is 36.0 Å². The zero-order chi connectivity index (χ0) is 23.3. The van der Waals surface area contributed by atoms with Gasteiger partial charge in [0.1, 0.15) is 5.60 Å². The van der Waals surface area contributed by atoms with Crippen LogP contribution in [0.2, 0.25) is 0 Å². The van der Waals surface area contributed by atoms with Gasteiger partial charge in [-0.2, -0.15) is 0 Å². The number of hydrogen-bond acceptors (Lipinski definition) is 10. The van der Waals surface area contributed by atoms with Crippen LogP contribution in [0.25, 0.3) is 0 Å². The molecule has 2 aromatic heterocycles. The number of ether oxygens (including phenoxy) is 1. The molecule has 0 radical (unpaired) electrons. The van der Waals surface area contributed by atoms with Crippen LogP contribution in [-0.2, 0) is 11.3 Å². The number of hydrogen-bond donors (Lipinski definition) is 3. The number of anilines is 2. The maximum Gasteiger partial charge on any atom is 0.407 e. The number of rotatable bonds is 6. The van der Waals surface area contributed by atoms with Gasteiger partial charge in [0.15, 0.2) is 0 Å². The van der Waals surface area contributed by atoms with Crippen LogP contribution >= 0.6 is 0 Å². The first-order valence-corrected chi connectivity index (χ1v) is 10.1. The Bertz CT molecular complexity index is 931. The van der Waals surface area contributed by atoms with Crippen molar-refractivity contribution in [3.63, 3.8) is 0 Å². The maximum atomic E-state index is 11.8. The molecule has 0 bridgehead atoms. The van der Waals surface area contributed by atoms with E-state index in [1.165, 1.54) is 12.4 Å². The highest BCUT2D eigenvalue weighted by molar-refractivity contribution is 5.86. The van der Waals surface area contributed by atoms with Crippen molar-refractivity contribution < 1.29 is 24.5 Å². The van der Waals surface area contributed by atoms with E-state index in [-0.39, 0.29) is 24.8 Å². The summed E-state index contributed by atoms with van der Waals surface area (Å²) in [4.78, 5) is 43.5. The second-order valence-electron chi connectivity index (χ2n) is 8.30. The monoisotopic (exact) mass is 445 g/mol. The van der Waals surface area contributed by atoms with E-state index in [4.69, 9.17) is 9.84 Å². The Balaban J connectivity index is 1.59. The van der Waals surface area contributed by atoms with Crippen molar-refractivity contribution in [2.24, 2.45) is 0 Å². The number of aromatic carboxylic acids is 1. The van der Waals surface area contributed by atoms with Crippen LogP contribution in [0.3, 0.4) is 0 Å². The minimum absolute atomic E-state index is 0.00239. The number of carboxylic acid groups (broad SMARTS) is 1. The second kappa shape index (κ2) is 9.73. The lowest BCUT2D eigenvalue weighted by molar-refractivity contribution is 0.0523. The summed E-state index contributed by atoms with van der Waals surface area (Å²) in [6, 6.07) is -0.309. The van der Waals surface area contributed by atoms with Gasteiger partial charge in [-0.1, -0.05) is 0 Å². The maximum absolute atomic E-state index is 11.8. The summed E-state index contributed by atoms with van der Waals surface area (Å²) in [6.45, 7) is 6.99. The van der Waals surface area contributed by atoms with Crippen molar-refractivity contribution >= 4 is 24.0 Å².